The van der Waals surface area contributed by atoms with E-state index in [1.54, 1.807) is 23.9 Å². The van der Waals surface area contributed by atoms with Crippen LogP contribution in [0.25, 0.3) is 5.69 Å². The molecule has 1 aromatic heterocycles. The third-order valence-electron chi connectivity index (χ3n) is 5.90. The molecule has 0 aliphatic carbocycles. The fourth-order valence-electron chi connectivity index (χ4n) is 4.27. The highest BCUT2D eigenvalue weighted by Gasteiger charge is 2.41. The third kappa shape index (κ3) is 4.03. The van der Waals surface area contributed by atoms with Gasteiger partial charge in [-0.3, -0.25) is 4.79 Å². The summed E-state index contributed by atoms with van der Waals surface area (Å²) in [5.41, 5.74) is 2.06. The molecule has 1 amide bonds. The van der Waals surface area contributed by atoms with Crippen molar-refractivity contribution in [1.82, 2.24) is 25.1 Å². The maximum absolute atomic E-state index is 13.5. The van der Waals surface area contributed by atoms with E-state index in [2.05, 4.69) is 27.7 Å². The maximum atomic E-state index is 13.5. The highest BCUT2D eigenvalue weighted by Crippen LogP contribution is 2.39. The van der Waals surface area contributed by atoms with E-state index in [-0.39, 0.29) is 17.9 Å². The highest BCUT2D eigenvalue weighted by molar-refractivity contribution is 7.98. The molecule has 8 nitrogen and oxygen atoms in total. The molecule has 1 N–H and O–H groups in total. The summed E-state index contributed by atoms with van der Waals surface area (Å²) in [4.78, 5) is 15.4. The van der Waals surface area contributed by atoms with Crippen molar-refractivity contribution in [2.45, 2.75) is 23.4 Å². The number of likely N-dealkylation sites (tertiary alicyclic amines) is 1. The van der Waals surface area contributed by atoms with E-state index < -0.39 is 0 Å². The molecule has 162 valence electrons. The summed E-state index contributed by atoms with van der Waals surface area (Å²) in [6, 6.07) is 15.5. The summed E-state index contributed by atoms with van der Waals surface area (Å²) in [5, 5.41) is 22.1. The van der Waals surface area contributed by atoms with Gasteiger partial charge in [-0.15, -0.1) is 5.10 Å². The number of hydrogen-bond acceptors (Lipinski definition) is 7. The molecule has 1 fully saturated rings. The minimum atomic E-state index is -0.252. The van der Waals surface area contributed by atoms with Crippen molar-refractivity contribution in [2.24, 2.45) is 0 Å². The number of rotatable bonds is 7. The monoisotopic (exact) mass is 439 g/mol. The molecule has 1 unspecified atom stereocenters. The lowest BCUT2D eigenvalue weighted by atomic mass is 9.77. The van der Waals surface area contributed by atoms with Crippen LogP contribution in [-0.4, -0.2) is 69.2 Å². The molecule has 4 rings (SSSR count). The van der Waals surface area contributed by atoms with Crippen LogP contribution < -0.4 is 4.74 Å². The van der Waals surface area contributed by atoms with E-state index in [9.17, 15) is 9.90 Å². The molecule has 1 aliphatic heterocycles. The molecule has 9 heteroatoms. The number of carbonyl (C=O) groups excluding carboxylic acids is 1. The lowest BCUT2D eigenvalue weighted by Gasteiger charge is -2.29. The van der Waals surface area contributed by atoms with Crippen LogP contribution >= 0.6 is 11.8 Å². The van der Waals surface area contributed by atoms with E-state index in [1.807, 2.05) is 35.4 Å². The Labute approximate surface area is 185 Å². The Kier molecular flexibility index (Phi) is 6.24. The Hall–Kier alpha value is -2.91. The van der Waals surface area contributed by atoms with Crippen molar-refractivity contribution in [1.29, 1.82) is 0 Å². The number of amides is 1. The van der Waals surface area contributed by atoms with Gasteiger partial charge in [0.15, 0.2) is 0 Å². The highest BCUT2D eigenvalue weighted by atomic mass is 32.2. The van der Waals surface area contributed by atoms with Gasteiger partial charge in [-0.1, -0.05) is 42.1 Å². The van der Waals surface area contributed by atoms with Gasteiger partial charge in [-0.05, 0) is 53.3 Å². The average molecular weight is 440 g/mol. The normalized spacial score (nSPS) is 18.4. The molecular formula is C22H25N5O3S. The summed E-state index contributed by atoms with van der Waals surface area (Å²) in [6.07, 6.45) is 3.31. The second-order valence-corrected chi connectivity index (χ2v) is 8.33. The second-order valence-electron chi connectivity index (χ2n) is 7.56. The SMILES string of the molecule is COc1ccc(-n2nnnc2SC)cc1C(=O)N1CCC(CCO)(c2ccccc2)C1. The number of aliphatic hydroxyl groups excluding tert-OH is 1. The third-order valence-corrected chi connectivity index (χ3v) is 6.52. The molecule has 0 bridgehead atoms. The molecule has 1 saturated heterocycles. The molecule has 2 aromatic carbocycles. The van der Waals surface area contributed by atoms with Crippen LogP contribution in [0.3, 0.4) is 0 Å². The van der Waals surface area contributed by atoms with Gasteiger partial charge in [0.25, 0.3) is 5.91 Å². The zero-order valence-corrected chi connectivity index (χ0v) is 18.4. The second kappa shape index (κ2) is 9.07. The number of ether oxygens (including phenoxy) is 1. The molecule has 1 atom stereocenters. The van der Waals surface area contributed by atoms with Gasteiger partial charge in [0.2, 0.25) is 5.16 Å². The van der Waals surface area contributed by atoms with Crippen LogP contribution in [0.15, 0.2) is 53.7 Å². The van der Waals surface area contributed by atoms with Crippen molar-refractivity contribution >= 4 is 17.7 Å². The first-order valence-corrected chi connectivity index (χ1v) is 11.3. The molecule has 0 saturated carbocycles. The predicted molar refractivity (Wildman–Crippen MR) is 118 cm³/mol. The van der Waals surface area contributed by atoms with Gasteiger partial charge in [-0.25, -0.2) is 0 Å². The summed E-state index contributed by atoms with van der Waals surface area (Å²) >= 11 is 1.43. The van der Waals surface area contributed by atoms with Crippen LogP contribution in [0, 0.1) is 0 Å². The molecule has 3 aromatic rings. The summed E-state index contributed by atoms with van der Waals surface area (Å²) < 4.78 is 7.09. The van der Waals surface area contributed by atoms with Gasteiger partial charge in [0, 0.05) is 25.1 Å². The van der Waals surface area contributed by atoms with E-state index >= 15 is 0 Å². The Morgan fingerprint density at radius 2 is 2.06 bits per heavy atom. The summed E-state index contributed by atoms with van der Waals surface area (Å²) in [7, 11) is 1.56. The van der Waals surface area contributed by atoms with E-state index in [4.69, 9.17) is 4.74 Å². The van der Waals surface area contributed by atoms with E-state index in [0.29, 0.717) is 41.7 Å². The fourth-order valence-corrected chi connectivity index (χ4v) is 4.70. The number of benzene rings is 2. The molecule has 1 aliphatic rings. The van der Waals surface area contributed by atoms with Crippen LogP contribution in [-0.2, 0) is 5.41 Å². The number of tetrazole rings is 1. The van der Waals surface area contributed by atoms with Crippen LogP contribution in [0.2, 0.25) is 0 Å². The number of aromatic nitrogens is 4. The zero-order chi connectivity index (χ0) is 21.8. The van der Waals surface area contributed by atoms with Crippen molar-refractivity contribution in [3.63, 3.8) is 0 Å². The molecule has 0 spiro atoms. The molecule has 2 heterocycles. The largest absolute Gasteiger partial charge is 0.496 e. The summed E-state index contributed by atoms with van der Waals surface area (Å²) in [6.45, 7) is 1.24. The Balaban J connectivity index is 1.66. The number of hydrogen-bond donors (Lipinski definition) is 1. The zero-order valence-electron chi connectivity index (χ0n) is 17.6. The fraction of sp³-hybridized carbons (Fsp3) is 0.364. The van der Waals surface area contributed by atoms with E-state index in [1.165, 1.54) is 11.8 Å². The van der Waals surface area contributed by atoms with Gasteiger partial charge >= 0.3 is 0 Å². The lowest BCUT2D eigenvalue weighted by Crippen LogP contribution is -2.35. The van der Waals surface area contributed by atoms with Gasteiger partial charge in [0.05, 0.1) is 18.4 Å². The molecule has 0 radical (unpaired) electrons. The quantitative estimate of drug-likeness (QED) is 0.566. The van der Waals surface area contributed by atoms with Gasteiger partial charge in [-0.2, -0.15) is 4.68 Å². The first-order valence-electron chi connectivity index (χ1n) is 10.1. The number of nitrogens with zero attached hydrogens (tertiary/aromatic N) is 5. The van der Waals surface area contributed by atoms with Crippen molar-refractivity contribution in [3.8, 4) is 11.4 Å². The van der Waals surface area contributed by atoms with Crippen molar-refractivity contribution in [3.05, 3.63) is 59.7 Å². The minimum Gasteiger partial charge on any atom is -0.496 e. The molecule has 31 heavy (non-hydrogen) atoms. The standard InChI is InChI=1S/C22H25N5O3S/c1-30-19-9-8-17(27-21(31-2)23-24-25-27)14-18(19)20(29)26-12-10-22(15-26,11-13-28)16-6-4-3-5-7-16/h3-9,14,28H,10-13,15H2,1-2H3. The number of thioether (sulfide) groups is 1. The number of aliphatic hydroxyl groups is 1. The summed E-state index contributed by atoms with van der Waals surface area (Å²) in [5.74, 6) is 0.403. The van der Waals surface area contributed by atoms with E-state index in [0.717, 1.165) is 12.0 Å². The van der Waals surface area contributed by atoms with Crippen molar-refractivity contribution < 1.29 is 14.6 Å². The Morgan fingerprint density at radius 3 is 2.77 bits per heavy atom. The Bertz CT molecular complexity index is 1060. The first-order chi connectivity index (χ1) is 15.1. The number of carbonyl (C=O) groups is 1. The van der Waals surface area contributed by atoms with Crippen LogP contribution in [0.1, 0.15) is 28.8 Å². The number of methoxy groups -OCH3 is 1. The minimum absolute atomic E-state index is 0.0759. The smallest absolute Gasteiger partial charge is 0.257 e. The predicted octanol–water partition coefficient (Wildman–Crippen LogP) is 2.56. The average Bonchev–Trinajstić information content (AvgIpc) is 3.47. The maximum Gasteiger partial charge on any atom is 0.257 e. The topological polar surface area (TPSA) is 93.4 Å². The first kappa shape index (κ1) is 21.3. The van der Waals surface area contributed by atoms with Crippen LogP contribution in [0.4, 0.5) is 0 Å². The van der Waals surface area contributed by atoms with Crippen LogP contribution in [0.5, 0.6) is 5.75 Å². The lowest BCUT2D eigenvalue weighted by molar-refractivity contribution is 0.0776. The Morgan fingerprint density at radius 1 is 1.26 bits per heavy atom. The van der Waals surface area contributed by atoms with Gasteiger partial charge < -0.3 is 14.7 Å². The van der Waals surface area contributed by atoms with Crippen molar-refractivity contribution in [2.75, 3.05) is 33.1 Å². The molecular weight excluding hydrogens is 414 g/mol. The van der Waals surface area contributed by atoms with Gasteiger partial charge in [0.1, 0.15) is 5.75 Å².